The minimum Gasteiger partial charge on any atom is -0.481 e. The van der Waals surface area contributed by atoms with Crippen LogP contribution in [0.3, 0.4) is 0 Å². The number of carbonyl (C=O) groups is 1. The van der Waals surface area contributed by atoms with Crippen molar-refractivity contribution in [2.24, 2.45) is 0 Å². The van der Waals surface area contributed by atoms with Crippen LogP contribution < -0.4 is 0 Å². The molecule has 1 aromatic heterocycles. The normalized spacial score (nSPS) is 12.1. The number of benzene rings is 1. The highest BCUT2D eigenvalue weighted by molar-refractivity contribution is 7.98. The van der Waals surface area contributed by atoms with E-state index in [2.05, 4.69) is 9.97 Å². The van der Waals surface area contributed by atoms with E-state index in [-0.39, 0.29) is 0 Å². The zero-order valence-electron chi connectivity index (χ0n) is 11.4. The number of aliphatic carboxylic acids is 1. The molecule has 1 unspecified atom stereocenters. The maximum absolute atomic E-state index is 10.9. The van der Waals surface area contributed by atoms with Crippen LogP contribution in [0.5, 0.6) is 0 Å². The summed E-state index contributed by atoms with van der Waals surface area (Å²) in [6.45, 7) is 3.63. The first-order valence-corrected chi connectivity index (χ1v) is 7.29. The number of carboxylic acid groups (broad SMARTS) is 1. The number of rotatable bonds is 5. The van der Waals surface area contributed by atoms with Gasteiger partial charge in [0.1, 0.15) is 0 Å². The van der Waals surface area contributed by atoms with E-state index in [1.165, 1.54) is 0 Å². The van der Waals surface area contributed by atoms with E-state index in [1.54, 1.807) is 24.9 Å². The fraction of sp³-hybridized carbons (Fsp3) is 0.267. The van der Waals surface area contributed by atoms with Gasteiger partial charge in [-0.1, -0.05) is 36.0 Å². The van der Waals surface area contributed by atoms with Gasteiger partial charge in [-0.2, -0.15) is 0 Å². The summed E-state index contributed by atoms with van der Waals surface area (Å²) in [5.41, 5.74) is 2.90. The van der Waals surface area contributed by atoms with Crippen molar-refractivity contribution in [3.05, 3.63) is 53.3 Å². The van der Waals surface area contributed by atoms with Crippen molar-refractivity contribution in [2.75, 3.05) is 0 Å². The zero-order chi connectivity index (χ0) is 14.5. The Morgan fingerprint density at radius 3 is 2.60 bits per heavy atom. The number of hydrogen-bond acceptors (Lipinski definition) is 4. The van der Waals surface area contributed by atoms with Crippen LogP contribution in [0, 0.1) is 6.92 Å². The predicted molar refractivity (Wildman–Crippen MR) is 78.8 cm³/mol. The first-order valence-electron chi connectivity index (χ1n) is 6.30. The topological polar surface area (TPSA) is 63.1 Å². The Morgan fingerprint density at radius 1 is 1.30 bits per heavy atom. The lowest BCUT2D eigenvalue weighted by Gasteiger charge is -2.07. The molecule has 0 saturated heterocycles. The Hall–Kier alpha value is -1.88. The van der Waals surface area contributed by atoms with Crippen molar-refractivity contribution in [2.45, 2.75) is 30.7 Å². The highest BCUT2D eigenvalue weighted by Gasteiger charge is 2.12. The summed E-state index contributed by atoms with van der Waals surface area (Å²) in [5.74, 6) is -0.511. The quantitative estimate of drug-likeness (QED) is 0.676. The summed E-state index contributed by atoms with van der Waals surface area (Å²) in [5, 5.41) is 9.72. The van der Waals surface area contributed by atoms with Crippen molar-refractivity contribution in [1.82, 2.24) is 9.97 Å². The van der Waals surface area contributed by atoms with Gasteiger partial charge in [0.15, 0.2) is 5.16 Å². The third-order valence-electron chi connectivity index (χ3n) is 2.99. The van der Waals surface area contributed by atoms with E-state index in [0.29, 0.717) is 0 Å². The van der Waals surface area contributed by atoms with E-state index in [0.717, 1.165) is 27.7 Å². The molecule has 20 heavy (non-hydrogen) atoms. The molecule has 1 atom stereocenters. The molecule has 0 radical (unpaired) electrons. The molecule has 0 bridgehead atoms. The highest BCUT2D eigenvalue weighted by atomic mass is 32.2. The third-order valence-corrected chi connectivity index (χ3v) is 3.92. The molecular weight excluding hydrogens is 272 g/mol. The highest BCUT2D eigenvalue weighted by Crippen LogP contribution is 2.21. The number of thioether (sulfide) groups is 1. The number of aromatic nitrogens is 2. The van der Waals surface area contributed by atoms with E-state index in [4.69, 9.17) is 5.11 Å². The minimum atomic E-state index is -0.805. The smallest absolute Gasteiger partial charge is 0.310 e. The van der Waals surface area contributed by atoms with Gasteiger partial charge in [0.05, 0.1) is 5.92 Å². The van der Waals surface area contributed by atoms with Crippen LogP contribution in [-0.4, -0.2) is 21.0 Å². The fourth-order valence-electron chi connectivity index (χ4n) is 1.69. The predicted octanol–water partition coefficient (Wildman–Crippen LogP) is 3.27. The second-order valence-electron chi connectivity index (χ2n) is 4.57. The standard InChI is InChI=1S/C15H16N2O2S/c1-10-7-8-16-15(17-10)20-9-12-3-5-13(6-4-12)11(2)14(18)19/h3-8,11H,9H2,1-2H3,(H,18,19). The van der Waals surface area contributed by atoms with E-state index in [9.17, 15) is 4.79 Å². The Labute approximate surface area is 122 Å². The molecule has 1 aromatic carbocycles. The summed E-state index contributed by atoms with van der Waals surface area (Å²) < 4.78 is 0. The van der Waals surface area contributed by atoms with Gasteiger partial charge in [-0.05, 0) is 31.0 Å². The molecular formula is C15H16N2O2S. The summed E-state index contributed by atoms with van der Waals surface area (Å²) >= 11 is 1.57. The van der Waals surface area contributed by atoms with Crippen LogP contribution in [0.25, 0.3) is 0 Å². The Bertz CT molecular complexity index is 599. The lowest BCUT2D eigenvalue weighted by atomic mass is 10.0. The summed E-state index contributed by atoms with van der Waals surface area (Å²) in [6, 6.07) is 9.51. The third kappa shape index (κ3) is 3.81. The molecule has 0 aliphatic carbocycles. The number of nitrogens with zero attached hydrogens (tertiary/aromatic N) is 2. The maximum Gasteiger partial charge on any atom is 0.310 e. The largest absolute Gasteiger partial charge is 0.481 e. The van der Waals surface area contributed by atoms with Gasteiger partial charge in [-0.25, -0.2) is 9.97 Å². The molecule has 0 aliphatic rings. The molecule has 5 heteroatoms. The molecule has 0 amide bonds. The fourth-order valence-corrected chi connectivity index (χ4v) is 2.52. The summed E-state index contributed by atoms with van der Waals surface area (Å²) in [6.07, 6.45) is 1.75. The van der Waals surface area contributed by atoms with Crippen LogP contribution in [0.1, 0.15) is 29.7 Å². The van der Waals surface area contributed by atoms with Crippen molar-refractivity contribution < 1.29 is 9.90 Å². The van der Waals surface area contributed by atoms with Crippen LogP contribution in [0.15, 0.2) is 41.7 Å². The second kappa shape index (κ2) is 6.52. The zero-order valence-corrected chi connectivity index (χ0v) is 12.2. The van der Waals surface area contributed by atoms with Crippen LogP contribution >= 0.6 is 11.8 Å². The molecule has 0 saturated carbocycles. The van der Waals surface area contributed by atoms with E-state index in [1.807, 2.05) is 37.3 Å². The van der Waals surface area contributed by atoms with Gasteiger partial charge in [0, 0.05) is 17.6 Å². The van der Waals surface area contributed by atoms with Gasteiger partial charge in [-0.15, -0.1) is 0 Å². The first kappa shape index (κ1) is 14.5. The van der Waals surface area contributed by atoms with Crippen LogP contribution in [-0.2, 0) is 10.5 Å². The van der Waals surface area contributed by atoms with Crippen molar-refractivity contribution in [3.63, 3.8) is 0 Å². The first-order chi connectivity index (χ1) is 9.56. The second-order valence-corrected chi connectivity index (χ2v) is 5.51. The SMILES string of the molecule is Cc1ccnc(SCc2ccc(C(C)C(=O)O)cc2)n1. The molecule has 0 fully saturated rings. The van der Waals surface area contributed by atoms with Crippen molar-refractivity contribution >= 4 is 17.7 Å². The van der Waals surface area contributed by atoms with Gasteiger partial charge in [0.25, 0.3) is 0 Å². The Kier molecular flexibility index (Phi) is 4.74. The lowest BCUT2D eigenvalue weighted by molar-refractivity contribution is -0.138. The van der Waals surface area contributed by atoms with E-state index >= 15 is 0 Å². The average molecular weight is 288 g/mol. The molecule has 2 aromatic rings. The van der Waals surface area contributed by atoms with Crippen LogP contribution in [0.4, 0.5) is 0 Å². The Balaban J connectivity index is 1.99. The summed E-state index contributed by atoms with van der Waals surface area (Å²) in [7, 11) is 0. The molecule has 4 nitrogen and oxygen atoms in total. The van der Waals surface area contributed by atoms with Crippen molar-refractivity contribution in [3.8, 4) is 0 Å². The lowest BCUT2D eigenvalue weighted by Crippen LogP contribution is -2.07. The molecule has 1 heterocycles. The number of carboxylic acids is 1. The molecule has 0 spiro atoms. The van der Waals surface area contributed by atoms with Gasteiger partial charge in [-0.3, -0.25) is 4.79 Å². The average Bonchev–Trinajstić information content (AvgIpc) is 2.45. The van der Waals surface area contributed by atoms with E-state index < -0.39 is 11.9 Å². The summed E-state index contributed by atoms with van der Waals surface area (Å²) in [4.78, 5) is 19.4. The van der Waals surface area contributed by atoms with Gasteiger partial charge >= 0.3 is 5.97 Å². The Morgan fingerprint density at radius 2 is 2.00 bits per heavy atom. The number of hydrogen-bond donors (Lipinski definition) is 1. The monoisotopic (exact) mass is 288 g/mol. The van der Waals surface area contributed by atoms with Crippen LogP contribution in [0.2, 0.25) is 0 Å². The minimum absolute atomic E-state index is 0.475. The number of aryl methyl sites for hydroxylation is 1. The molecule has 1 N–H and O–H groups in total. The van der Waals surface area contributed by atoms with Gasteiger partial charge < -0.3 is 5.11 Å². The molecule has 0 aliphatic heterocycles. The molecule has 104 valence electrons. The maximum atomic E-state index is 10.9. The van der Waals surface area contributed by atoms with Crippen molar-refractivity contribution in [1.29, 1.82) is 0 Å². The van der Waals surface area contributed by atoms with Gasteiger partial charge in [0.2, 0.25) is 0 Å². The molecule has 2 rings (SSSR count).